The van der Waals surface area contributed by atoms with E-state index in [9.17, 15) is 19.1 Å². The highest BCUT2D eigenvalue weighted by atomic mass is 19.1. The molecule has 3 aromatic rings. The van der Waals surface area contributed by atoms with Crippen molar-refractivity contribution in [2.24, 2.45) is 5.41 Å². The number of carbonyl (C=O) groups excluding carboxylic acids is 1. The number of halogens is 1. The predicted molar refractivity (Wildman–Crippen MR) is 147 cm³/mol. The van der Waals surface area contributed by atoms with Crippen LogP contribution in [-0.2, 0) is 16.1 Å². The normalized spacial score (nSPS) is 16.2. The number of benzene rings is 1. The van der Waals surface area contributed by atoms with Crippen LogP contribution >= 0.6 is 0 Å². The molecule has 0 saturated carbocycles. The molecule has 0 fully saturated rings. The Bertz CT molecular complexity index is 1470. The van der Waals surface area contributed by atoms with E-state index in [4.69, 9.17) is 4.74 Å². The summed E-state index contributed by atoms with van der Waals surface area (Å²) in [5, 5.41) is 17.6. The zero-order valence-electron chi connectivity index (χ0n) is 23.7. The highest BCUT2D eigenvalue weighted by Gasteiger charge is 2.35. The lowest BCUT2D eigenvalue weighted by molar-refractivity contribution is -0.160. The Balaban J connectivity index is 1.80. The topological polar surface area (TPSA) is 106 Å². The molecule has 1 aromatic carbocycles. The van der Waals surface area contributed by atoms with Crippen LogP contribution < -0.4 is 5.32 Å². The number of fused-ring (bicyclic) bond motifs is 1. The number of hydrogen-bond acceptors (Lipinski definition) is 5. The van der Waals surface area contributed by atoms with Crippen molar-refractivity contribution in [3.63, 3.8) is 0 Å². The Morgan fingerprint density at radius 3 is 2.54 bits per heavy atom. The third kappa shape index (κ3) is 6.36. The predicted octanol–water partition coefficient (Wildman–Crippen LogP) is 5.95. The van der Waals surface area contributed by atoms with Crippen molar-refractivity contribution < 1.29 is 23.8 Å². The van der Waals surface area contributed by atoms with E-state index >= 15 is 0 Å². The number of aryl methyl sites for hydroxylation is 2. The number of aliphatic carboxylic acids is 1. The molecule has 0 aliphatic heterocycles. The van der Waals surface area contributed by atoms with Crippen LogP contribution in [0.25, 0.3) is 11.2 Å². The summed E-state index contributed by atoms with van der Waals surface area (Å²) < 4.78 is 21.2. The molecule has 1 atom stereocenters. The van der Waals surface area contributed by atoms with Gasteiger partial charge in [-0.15, -0.1) is 0 Å². The van der Waals surface area contributed by atoms with Crippen LogP contribution in [0.4, 0.5) is 4.39 Å². The molecule has 39 heavy (non-hydrogen) atoms. The first-order valence-corrected chi connectivity index (χ1v) is 13.2. The average Bonchev–Trinajstić information content (AvgIpc) is 3.25. The van der Waals surface area contributed by atoms with Gasteiger partial charge in [-0.1, -0.05) is 32.1 Å². The van der Waals surface area contributed by atoms with Gasteiger partial charge in [0.05, 0.1) is 11.3 Å². The molecule has 0 unspecified atom stereocenters. The fourth-order valence-corrected chi connectivity index (χ4v) is 4.83. The lowest BCUT2D eigenvalue weighted by Gasteiger charge is -2.31. The maximum absolute atomic E-state index is 13.6. The van der Waals surface area contributed by atoms with Crippen LogP contribution in [0.5, 0.6) is 0 Å². The molecule has 4 rings (SSSR count). The first-order chi connectivity index (χ1) is 18.1. The van der Waals surface area contributed by atoms with E-state index in [-0.39, 0.29) is 23.5 Å². The number of amides is 1. The van der Waals surface area contributed by atoms with Crippen molar-refractivity contribution in [2.45, 2.75) is 86.0 Å². The molecular weight excluding hydrogens is 499 g/mol. The van der Waals surface area contributed by atoms with E-state index in [0.29, 0.717) is 28.2 Å². The number of ether oxygens (including phenoxy) is 1. The van der Waals surface area contributed by atoms with Crippen LogP contribution in [0.2, 0.25) is 0 Å². The minimum absolute atomic E-state index is 0.132. The third-order valence-corrected chi connectivity index (χ3v) is 6.97. The highest BCUT2D eigenvalue weighted by Crippen LogP contribution is 2.41. The summed E-state index contributed by atoms with van der Waals surface area (Å²) in [6.07, 6.45) is 3.34. The molecular formula is C30H37FN4O4. The summed E-state index contributed by atoms with van der Waals surface area (Å²) in [4.78, 5) is 30.2. The number of carbonyl (C=O) groups is 2. The smallest absolute Gasteiger partial charge is 0.337 e. The second kappa shape index (κ2) is 10.5. The largest absolute Gasteiger partial charge is 0.479 e. The van der Waals surface area contributed by atoms with Gasteiger partial charge in [-0.2, -0.15) is 5.10 Å². The molecule has 2 aromatic heterocycles. The molecule has 0 bridgehead atoms. The quantitative estimate of drug-likeness (QED) is 0.387. The van der Waals surface area contributed by atoms with Gasteiger partial charge in [0.15, 0.2) is 17.4 Å². The Morgan fingerprint density at radius 2 is 1.95 bits per heavy atom. The summed E-state index contributed by atoms with van der Waals surface area (Å²) in [6, 6.07) is 6.28. The fourth-order valence-electron chi connectivity index (χ4n) is 4.83. The molecule has 9 heteroatoms. The maximum atomic E-state index is 13.6. The standard InChI is InChI=1S/C30H37FN4O4/c1-17-14-19(8-9-21(17)31)16-32-27(36)22-15-23-33-18(2)24(26(28(37)38)39-29(3,4)5)25(35(23)34-22)20-10-12-30(6,7)13-11-20/h8-10,14-15,26H,11-13,16H2,1-7H3,(H,32,36)(H,37,38)/t26-/m0/s1. The highest BCUT2D eigenvalue weighted by molar-refractivity contribution is 5.93. The van der Waals surface area contributed by atoms with Crippen LogP contribution in [0, 0.1) is 25.1 Å². The minimum Gasteiger partial charge on any atom is -0.479 e. The zero-order chi connectivity index (χ0) is 28.7. The van der Waals surface area contributed by atoms with Crippen molar-refractivity contribution in [1.29, 1.82) is 0 Å². The van der Waals surface area contributed by atoms with Gasteiger partial charge in [0, 0.05) is 23.9 Å². The van der Waals surface area contributed by atoms with Gasteiger partial charge in [0.1, 0.15) is 5.82 Å². The third-order valence-electron chi connectivity index (χ3n) is 6.97. The second-order valence-electron chi connectivity index (χ2n) is 12.1. The van der Waals surface area contributed by atoms with Crippen molar-refractivity contribution in [3.8, 4) is 0 Å². The summed E-state index contributed by atoms with van der Waals surface area (Å²) in [7, 11) is 0. The average molecular weight is 537 g/mol. The van der Waals surface area contributed by atoms with Gasteiger partial charge < -0.3 is 15.2 Å². The molecule has 2 heterocycles. The number of nitrogens with zero attached hydrogens (tertiary/aromatic N) is 3. The number of carboxylic acids is 1. The van der Waals surface area contributed by atoms with Gasteiger partial charge in [0.25, 0.3) is 5.91 Å². The minimum atomic E-state index is -1.27. The molecule has 0 radical (unpaired) electrons. The Kier molecular flexibility index (Phi) is 7.67. The van der Waals surface area contributed by atoms with Crippen LogP contribution in [-0.4, -0.2) is 37.2 Å². The van der Waals surface area contributed by atoms with Gasteiger partial charge in [-0.05, 0) is 82.1 Å². The van der Waals surface area contributed by atoms with Crippen molar-refractivity contribution in [1.82, 2.24) is 19.9 Å². The van der Waals surface area contributed by atoms with Crippen LogP contribution in [0.15, 0.2) is 30.3 Å². The lowest BCUT2D eigenvalue weighted by atomic mass is 9.77. The van der Waals surface area contributed by atoms with Crippen molar-refractivity contribution in [3.05, 3.63) is 69.9 Å². The molecule has 8 nitrogen and oxygen atoms in total. The molecule has 1 amide bonds. The van der Waals surface area contributed by atoms with Gasteiger partial charge in [0.2, 0.25) is 0 Å². The molecule has 0 saturated heterocycles. The number of hydrogen-bond donors (Lipinski definition) is 2. The summed E-state index contributed by atoms with van der Waals surface area (Å²) >= 11 is 0. The lowest BCUT2D eigenvalue weighted by Crippen LogP contribution is -2.29. The molecule has 1 aliphatic rings. The first kappa shape index (κ1) is 28.4. The van der Waals surface area contributed by atoms with Crippen molar-refractivity contribution in [2.75, 3.05) is 0 Å². The Labute approximate surface area is 228 Å². The van der Waals surface area contributed by atoms with E-state index in [2.05, 4.69) is 35.3 Å². The molecule has 1 aliphatic carbocycles. The van der Waals surface area contributed by atoms with E-state index in [1.165, 1.54) is 6.07 Å². The number of nitrogens with one attached hydrogen (secondary N) is 1. The number of aromatic nitrogens is 3. The Hall–Kier alpha value is -3.59. The number of carboxylic acid groups (broad SMARTS) is 1. The van der Waals surface area contributed by atoms with E-state index in [1.54, 1.807) is 36.6 Å². The summed E-state index contributed by atoms with van der Waals surface area (Å²) in [5.74, 6) is -1.83. The zero-order valence-corrected chi connectivity index (χ0v) is 23.7. The van der Waals surface area contributed by atoms with Gasteiger partial charge >= 0.3 is 5.97 Å². The van der Waals surface area contributed by atoms with Gasteiger partial charge in [-0.25, -0.2) is 18.7 Å². The maximum Gasteiger partial charge on any atom is 0.337 e. The van der Waals surface area contributed by atoms with E-state index in [1.807, 2.05) is 20.8 Å². The molecule has 2 N–H and O–H groups in total. The molecule has 208 valence electrons. The van der Waals surface area contributed by atoms with Crippen LogP contribution in [0.3, 0.4) is 0 Å². The summed E-state index contributed by atoms with van der Waals surface area (Å²) in [6.45, 7) is 13.5. The van der Waals surface area contributed by atoms with E-state index < -0.39 is 23.6 Å². The fraction of sp³-hybridized carbons (Fsp3) is 0.467. The van der Waals surface area contributed by atoms with E-state index in [0.717, 1.165) is 30.4 Å². The Morgan fingerprint density at radius 1 is 1.23 bits per heavy atom. The SMILES string of the molecule is Cc1cc(CNC(=O)c2cc3nc(C)c([C@H](OC(C)(C)C)C(=O)O)c(C4=CCC(C)(C)CC4)n3n2)ccc1F. The monoisotopic (exact) mass is 536 g/mol. The summed E-state index contributed by atoms with van der Waals surface area (Å²) in [5.41, 5.74) is 3.78. The molecule has 0 spiro atoms. The van der Waals surface area contributed by atoms with Crippen LogP contribution in [0.1, 0.15) is 98.6 Å². The number of rotatable bonds is 7. The van der Waals surface area contributed by atoms with Gasteiger partial charge in [-0.3, -0.25) is 4.79 Å². The second-order valence-corrected chi connectivity index (χ2v) is 12.1. The number of allylic oxidation sites excluding steroid dienone is 2. The first-order valence-electron chi connectivity index (χ1n) is 13.2. The van der Waals surface area contributed by atoms with Crippen molar-refractivity contribution >= 4 is 23.1 Å².